The van der Waals surface area contributed by atoms with Crippen molar-refractivity contribution in [3.8, 4) is 5.75 Å². The fourth-order valence-corrected chi connectivity index (χ4v) is 5.16. The molecule has 3 aromatic rings. The van der Waals surface area contributed by atoms with Gasteiger partial charge in [0.15, 0.2) is 0 Å². The van der Waals surface area contributed by atoms with Crippen molar-refractivity contribution in [2.24, 2.45) is 0 Å². The van der Waals surface area contributed by atoms with Crippen molar-refractivity contribution in [3.63, 3.8) is 0 Å². The van der Waals surface area contributed by atoms with E-state index in [1.54, 1.807) is 50.2 Å². The summed E-state index contributed by atoms with van der Waals surface area (Å²) in [6.07, 6.45) is 0.595. The Kier molecular flexibility index (Phi) is 7.42. The predicted molar refractivity (Wildman–Crippen MR) is 124 cm³/mol. The maximum Gasteiger partial charge on any atom is 0.268 e. The van der Waals surface area contributed by atoms with Crippen LogP contribution in [0.4, 0.5) is 5.69 Å². The number of sulfonamides is 1. The molecule has 0 unspecified atom stereocenters. The smallest absolute Gasteiger partial charge is 0.268 e. The summed E-state index contributed by atoms with van der Waals surface area (Å²) < 4.78 is 33.2. The third-order valence-corrected chi connectivity index (χ3v) is 7.20. The Balaban J connectivity index is 1.80. The van der Waals surface area contributed by atoms with E-state index in [-0.39, 0.29) is 11.4 Å². The number of aromatic nitrogens is 2. The van der Waals surface area contributed by atoms with Gasteiger partial charge in [-0.3, -0.25) is 14.2 Å². The second-order valence-corrected chi connectivity index (χ2v) is 9.43. The van der Waals surface area contributed by atoms with E-state index in [2.05, 4.69) is 15.5 Å². The van der Waals surface area contributed by atoms with Crippen molar-refractivity contribution in [1.82, 2.24) is 15.5 Å². The first kappa shape index (κ1) is 23.6. The van der Waals surface area contributed by atoms with E-state index in [0.29, 0.717) is 40.8 Å². The van der Waals surface area contributed by atoms with Crippen LogP contribution in [0.1, 0.15) is 17.0 Å². The fraction of sp³-hybridized carbons (Fsp3) is 0.273. The molecule has 1 heterocycles. The molecule has 0 fully saturated rings. The Labute approximate surface area is 192 Å². The van der Waals surface area contributed by atoms with Crippen LogP contribution < -0.4 is 14.4 Å². The number of amides is 1. The summed E-state index contributed by atoms with van der Waals surface area (Å²) >= 11 is 5.89. The molecule has 0 atom stereocenters. The number of ether oxygens (including phenoxy) is 1. The van der Waals surface area contributed by atoms with Gasteiger partial charge in [-0.25, -0.2) is 8.42 Å². The van der Waals surface area contributed by atoms with E-state index < -0.39 is 15.9 Å². The number of methoxy groups -OCH3 is 1. The highest BCUT2D eigenvalue weighted by molar-refractivity contribution is 7.93. The number of aryl methyl sites for hydroxylation is 2. The van der Waals surface area contributed by atoms with E-state index in [9.17, 15) is 13.2 Å². The van der Waals surface area contributed by atoms with Crippen LogP contribution in [0.3, 0.4) is 0 Å². The van der Waals surface area contributed by atoms with Gasteiger partial charge in [0, 0.05) is 11.6 Å². The van der Waals surface area contributed by atoms with Crippen molar-refractivity contribution < 1.29 is 17.9 Å². The summed E-state index contributed by atoms with van der Waals surface area (Å²) in [5, 5.41) is 10.1. The third-order valence-electron chi connectivity index (χ3n) is 4.91. The molecule has 1 aromatic heterocycles. The summed E-state index contributed by atoms with van der Waals surface area (Å²) in [7, 11) is -2.52. The molecule has 0 aliphatic rings. The summed E-state index contributed by atoms with van der Waals surface area (Å²) in [5.74, 6) is 0.159. The average molecular weight is 477 g/mol. The SMILES string of the molecule is COc1ccc(N(CC(=O)NCCc2ccc(Cl)cc2)S(=O)(=O)c2c(C)n[nH]c2C)cc1. The van der Waals surface area contributed by atoms with Gasteiger partial charge in [0.1, 0.15) is 17.2 Å². The van der Waals surface area contributed by atoms with Gasteiger partial charge < -0.3 is 10.1 Å². The van der Waals surface area contributed by atoms with Crippen LogP contribution in [0, 0.1) is 13.8 Å². The molecule has 0 radical (unpaired) electrons. The summed E-state index contributed by atoms with van der Waals surface area (Å²) in [6, 6.07) is 13.8. The second kappa shape index (κ2) is 10.1. The van der Waals surface area contributed by atoms with Gasteiger partial charge in [-0.2, -0.15) is 5.10 Å². The lowest BCUT2D eigenvalue weighted by Crippen LogP contribution is -2.41. The Bertz CT molecular complexity index is 1160. The number of carbonyl (C=O) groups excluding carboxylic acids is 1. The van der Waals surface area contributed by atoms with Crippen LogP contribution in [0.25, 0.3) is 0 Å². The Morgan fingerprint density at radius 2 is 1.78 bits per heavy atom. The van der Waals surface area contributed by atoms with Crippen molar-refractivity contribution in [2.75, 3.05) is 24.5 Å². The summed E-state index contributed by atoms with van der Waals surface area (Å²) in [6.45, 7) is 3.22. The van der Waals surface area contributed by atoms with Crippen molar-refractivity contribution in [1.29, 1.82) is 0 Å². The largest absolute Gasteiger partial charge is 0.497 e. The molecular weight excluding hydrogens is 452 g/mol. The van der Waals surface area contributed by atoms with E-state index >= 15 is 0 Å². The number of rotatable bonds is 9. The van der Waals surface area contributed by atoms with E-state index in [0.717, 1.165) is 9.87 Å². The number of hydrogen-bond donors (Lipinski definition) is 2. The zero-order valence-corrected chi connectivity index (χ0v) is 19.6. The summed E-state index contributed by atoms with van der Waals surface area (Å²) in [5.41, 5.74) is 2.10. The Hall–Kier alpha value is -3.04. The molecular formula is C22H25ClN4O4S. The minimum Gasteiger partial charge on any atom is -0.497 e. The number of H-pyrrole nitrogens is 1. The van der Waals surface area contributed by atoms with Gasteiger partial charge in [0.05, 0.1) is 24.2 Å². The molecule has 3 rings (SSSR count). The first-order chi connectivity index (χ1) is 15.2. The Morgan fingerprint density at radius 3 is 2.34 bits per heavy atom. The maximum absolute atomic E-state index is 13.5. The highest BCUT2D eigenvalue weighted by Crippen LogP contribution is 2.28. The van der Waals surface area contributed by atoms with Crippen LogP contribution >= 0.6 is 11.6 Å². The van der Waals surface area contributed by atoms with Gasteiger partial charge >= 0.3 is 0 Å². The molecule has 0 aliphatic heterocycles. The molecule has 0 aliphatic carbocycles. The van der Waals surface area contributed by atoms with E-state index in [1.165, 1.54) is 7.11 Å². The van der Waals surface area contributed by atoms with E-state index in [4.69, 9.17) is 16.3 Å². The predicted octanol–water partition coefficient (Wildman–Crippen LogP) is 3.24. The number of nitrogens with one attached hydrogen (secondary N) is 2. The van der Waals surface area contributed by atoms with Crippen molar-refractivity contribution >= 4 is 33.2 Å². The first-order valence-electron chi connectivity index (χ1n) is 9.92. The molecule has 170 valence electrons. The van der Waals surface area contributed by atoms with E-state index in [1.807, 2.05) is 12.1 Å². The van der Waals surface area contributed by atoms with Crippen LogP contribution in [-0.4, -0.2) is 44.7 Å². The number of halogens is 1. The van der Waals surface area contributed by atoms with Gasteiger partial charge in [0.25, 0.3) is 10.0 Å². The molecule has 0 saturated heterocycles. The average Bonchev–Trinajstić information content (AvgIpc) is 3.12. The number of hydrogen-bond acceptors (Lipinski definition) is 5. The lowest BCUT2D eigenvalue weighted by molar-refractivity contribution is -0.119. The van der Waals surface area contributed by atoms with Crippen LogP contribution in [0.5, 0.6) is 5.75 Å². The highest BCUT2D eigenvalue weighted by Gasteiger charge is 2.31. The Morgan fingerprint density at radius 1 is 1.12 bits per heavy atom. The third kappa shape index (κ3) is 5.41. The van der Waals surface area contributed by atoms with Gasteiger partial charge in [-0.05, 0) is 62.2 Å². The van der Waals surface area contributed by atoms with Gasteiger partial charge in [-0.1, -0.05) is 23.7 Å². The summed E-state index contributed by atoms with van der Waals surface area (Å²) in [4.78, 5) is 12.8. The van der Waals surface area contributed by atoms with Gasteiger partial charge in [0.2, 0.25) is 5.91 Å². The minimum absolute atomic E-state index is 0.0577. The number of anilines is 1. The van der Waals surface area contributed by atoms with Crippen LogP contribution in [0.2, 0.25) is 5.02 Å². The standard InChI is InChI=1S/C22H25ClN4O4S/c1-15-22(16(2)26-25-15)32(29,30)27(19-8-10-20(31-3)11-9-19)14-21(28)24-13-12-17-4-6-18(23)7-5-17/h4-11H,12-14H2,1-3H3,(H,24,28)(H,25,26). The molecule has 10 heteroatoms. The molecule has 0 spiro atoms. The second-order valence-electron chi connectivity index (χ2n) is 7.20. The molecule has 2 aromatic carbocycles. The molecule has 2 N–H and O–H groups in total. The normalized spacial score (nSPS) is 11.2. The van der Waals surface area contributed by atoms with Gasteiger partial charge in [-0.15, -0.1) is 0 Å². The minimum atomic E-state index is -4.05. The monoisotopic (exact) mass is 476 g/mol. The maximum atomic E-state index is 13.5. The molecule has 0 saturated carbocycles. The number of benzene rings is 2. The number of carbonyl (C=O) groups is 1. The van der Waals surface area contributed by atoms with Crippen molar-refractivity contribution in [3.05, 3.63) is 70.5 Å². The number of nitrogens with zero attached hydrogens (tertiary/aromatic N) is 2. The number of aromatic amines is 1. The topological polar surface area (TPSA) is 104 Å². The van der Waals surface area contributed by atoms with Crippen LogP contribution in [-0.2, 0) is 21.2 Å². The van der Waals surface area contributed by atoms with Crippen molar-refractivity contribution in [2.45, 2.75) is 25.2 Å². The molecule has 32 heavy (non-hydrogen) atoms. The first-order valence-corrected chi connectivity index (χ1v) is 11.7. The molecule has 0 bridgehead atoms. The zero-order chi connectivity index (χ0) is 23.3. The fourth-order valence-electron chi connectivity index (χ4n) is 3.28. The van der Waals surface area contributed by atoms with Crippen LogP contribution in [0.15, 0.2) is 53.4 Å². The highest BCUT2D eigenvalue weighted by atomic mass is 35.5. The molecule has 8 nitrogen and oxygen atoms in total. The quantitative estimate of drug-likeness (QED) is 0.493. The lowest BCUT2D eigenvalue weighted by atomic mass is 10.1. The lowest BCUT2D eigenvalue weighted by Gasteiger charge is -2.24. The zero-order valence-electron chi connectivity index (χ0n) is 18.1. The molecule has 1 amide bonds.